The molecular formula is C12H18ClN3O. The van der Waals surface area contributed by atoms with Crippen molar-refractivity contribution in [3.05, 3.63) is 11.7 Å². The van der Waals surface area contributed by atoms with Crippen molar-refractivity contribution in [3.8, 4) is 0 Å². The third-order valence-electron chi connectivity index (χ3n) is 4.47. The van der Waals surface area contributed by atoms with Crippen LogP contribution in [-0.2, 0) is 0 Å². The quantitative estimate of drug-likeness (QED) is 0.879. The summed E-state index contributed by atoms with van der Waals surface area (Å²) in [4.78, 5) is 4.58. The zero-order chi connectivity index (χ0) is 10.5. The van der Waals surface area contributed by atoms with Crippen LogP contribution in [0.5, 0.6) is 0 Å². The smallest absolute Gasteiger partial charge is 0.229 e. The Bertz CT molecular complexity index is 404. The van der Waals surface area contributed by atoms with E-state index >= 15 is 0 Å². The number of hydrogen-bond acceptors (Lipinski definition) is 4. The molecule has 4 rings (SSSR count). The molecular weight excluding hydrogens is 238 g/mol. The summed E-state index contributed by atoms with van der Waals surface area (Å²) in [6, 6.07) is 0. The molecule has 3 atom stereocenters. The van der Waals surface area contributed by atoms with E-state index in [0.29, 0.717) is 11.8 Å². The predicted molar refractivity (Wildman–Crippen MR) is 65.3 cm³/mol. The minimum Gasteiger partial charge on any atom is -0.339 e. The van der Waals surface area contributed by atoms with Crippen LogP contribution < -0.4 is 5.32 Å². The Balaban J connectivity index is 0.000000902. The first-order valence-electron chi connectivity index (χ1n) is 6.46. The highest BCUT2D eigenvalue weighted by molar-refractivity contribution is 5.85. The van der Waals surface area contributed by atoms with Crippen LogP contribution in [-0.4, -0.2) is 23.2 Å². The zero-order valence-corrected chi connectivity index (χ0v) is 10.6. The number of fused-ring (bicyclic) bond motifs is 1. The van der Waals surface area contributed by atoms with E-state index in [2.05, 4.69) is 15.5 Å². The van der Waals surface area contributed by atoms with Crippen molar-refractivity contribution in [1.29, 1.82) is 0 Å². The normalized spacial score (nSPS) is 35.6. The SMILES string of the molecule is C1C[C@H]2C[C@H](c3noc(C4CC4)n3)[C@H]2CN1.Cl. The van der Waals surface area contributed by atoms with Gasteiger partial charge in [0.2, 0.25) is 5.89 Å². The molecule has 2 aliphatic carbocycles. The number of aromatic nitrogens is 2. The first-order chi connectivity index (χ1) is 7.92. The van der Waals surface area contributed by atoms with E-state index in [1.165, 1.54) is 32.2 Å². The van der Waals surface area contributed by atoms with E-state index in [1.807, 2.05) is 0 Å². The molecule has 1 aromatic heterocycles. The second-order valence-corrected chi connectivity index (χ2v) is 5.52. The molecule has 0 aromatic carbocycles. The van der Waals surface area contributed by atoms with Crippen molar-refractivity contribution in [2.45, 2.75) is 37.5 Å². The molecule has 3 fully saturated rings. The van der Waals surface area contributed by atoms with E-state index in [9.17, 15) is 0 Å². The average molecular weight is 256 g/mol. The minimum absolute atomic E-state index is 0. The fraction of sp³-hybridized carbons (Fsp3) is 0.833. The lowest BCUT2D eigenvalue weighted by atomic mass is 9.62. The van der Waals surface area contributed by atoms with E-state index in [0.717, 1.165) is 30.1 Å². The molecule has 5 heteroatoms. The number of rotatable bonds is 2. The second-order valence-electron chi connectivity index (χ2n) is 5.52. The second kappa shape index (κ2) is 4.25. The van der Waals surface area contributed by atoms with E-state index in [4.69, 9.17) is 4.52 Å². The van der Waals surface area contributed by atoms with Crippen molar-refractivity contribution in [1.82, 2.24) is 15.5 Å². The summed E-state index contributed by atoms with van der Waals surface area (Å²) in [6.45, 7) is 2.33. The molecule has 1 N–H and O–H groups in total. The van der Waals surface area contributed by atoms with Crippen LogP contribution in [0.4, 0.5) is 0 Å². The van der Waals surface area contributed by atoms with Crippen LogP contribution in [0.15, 0.2) is 4.52 Å². The van der Waals surface area contributed by atoms with Gasteiger partial charge in [0.15, 0.2) is 5.82 Å². The first kappa shape index (κ1) is 11.5. The lowest BCUT2D eigenvalue weighted by Gasteiger charge is -2.46. The van der Waals surface area contributed by atoms with Crippen molar-refractivity contribution < 1.29 is 4.52 Å². The molecule has 94 valence electrons. The van der Waals surface area contributed by atoms with Crippen molar-refractivity contribution in [3.63, 3.8) is 0 Å². The fourth-order valence-electron chi connectivity index (χ4n) is 3.20. The Hall–Kier alpha value is -0.610. The minimum atomic E-state index is 0. The maximum Gasteiger partial charge on any atom is 0.229 e. The molecule has 0 spiro atoms. The molecule has 4 nitrogen and oxygen atoms in total. The van der Waals surface area contributed by atoms with Crippen molar-refractivity contribution in [2.24, 2.45) is 11.8 Å². The number of nitrogens with zero attached hydrogens (tertiary/aromatic N) is 2. The van der Waals surface area contributed by atoms with Crippen molar-refractivity contribution in [2.75, 3.05) is 13.1 Å². The van der Waals surface area contributed by atoms with E-state index < -0.39 is 0 Å². The average Bonchev–Trinajstić information content (AvgIpc) is 3.01. The van der Waals surface area contributed by atoms with Gasteiger partial charge in [-0.25, -0.2) is 0 Å². The van der Waals surface area contributed by atoms with Gasteiger partial charge in [0.1, 0.15) is 0 Å². The molecule has 0 amide bonds. The molecule has 1 saturated heterocycles. The number of piperidine rings is 1. The van der Waals surface area contributed by atoms with Crippen LogP contribution in [0, 0.1) is 11.8 Å². The van der Waals surface area contributed by atoms with E-state index in [1.54, 1.807) is 0 Å². The summed E-state index contributed by atoms with van der Waals surface area (Å²) in [6.07, 6.45) is 5.07. The lowest BCUT2D eigenvalue weighted by Crippen LogP contribution is -2.47. The van der Waals surface area contributed by atoms with Crippen LogP contribution in [0.2, 0.25) is 0 Å². The zero-order valence-electron chi connectivity index (χ0n) is 9.76. The van der Waals surface area contributed by atoms with Gasteiger partial charge in [-0.3, -0.25) is 0 Å². The van der Waals surface area contributed by atoms with Gasteiger partial charge in [-0.15, -0.1) is 12.4 Å². The molecule has 17 heavy (non-hydrogen) atoms. The standard InChI is InChI=1S/C12H17N3O.ClH/c1-2-7(1)12-14-11(15-16-12)9-5-8-3-4-13-6-10(8)9;/h7-10,13H,1-6H2;1H/t8-,9-,10-;/m0./s1. The maximum absolute atomic E-state index is 5.34. The monoisotopic (exact) mass is 255 g/mol. The highest BCUT2D eigenvalue weighted by Gasteiger charge is 2.45. The molecule has 2 heterocycles. The molecule has 3 aliphatic rings. The third kappa shape index (κ3) is 1.87. The Kier molecular flexibility index (Phi) is 2.87. The predicted octanol–water partition coefficient (Wildman–Crippen LogP) is 2.08. The lowest BCUT2D eigenvalue weighted by molar-refractivity contribution is 0.0866. The highest BCUT2D eigenvalue weighted by Crippen LogP contribution is 2.49. The van der Waals surface area contributed by atoms with Gasteiger partial charge >= 0.3 is 0 Å². The Morgan fingerprint density at radius 1 is 1.24 bits per heavy atom. The molecule has 0 unspecified atom stereocenters. The summed E-state index contributed by atoms with van der Waals surface area (Å²) >= 11 is 0. The fourth-order valence-corrected chi connectivity index (χ4v) is 3.20. The summed E-state index contributed by atoms with van der Waals surface area (Å²) in [5.41, 5.74) is 0. The Morgan fingerprint density at radius 2 is 2.12 bits per heavy atom. The van der Waals surface area contributed by atoms with Crippen LogP contribution in [0.3, 0.4) is 0 Å². The summed E-state index contributed by atoms with van der Waals surface area (Å²) in [7, 11) is 0. The van der Waals surface area contributed by atoms with Gasteiger partial charge in [0, 0.05) is 11.8 Å². The molecule has 2 saturated carbocycles. The van der Waals surface area contributed by atoms with Crippen LogP contribution in [0.1, 0.15) is 49.2 Å². The number of halogens is 1. The summed E-state index contributed by atoms with van der Waals surface area (Å²) in [5, 5.41) is 7.65. The van der Waals surface area contributed by atoms with Gasteiger partial charge in [0.05, 0.1) is 0 Å². The number of nitrogens with one attached hydrogen (secondary N) is 1. The van der Waals surface area contributed by atoms with E-state index in [-0.39, 0.29) is 12.4 Å². The molecule has 0 bridgehead atoms. The van der Waals surface area contributed by atoms with Crippen LogP contribution >= 0.6 is 12.4 Å². The topological polar surface area (TPSA) is 51.0 Å². The van der Waals surface area contributed by atoms with Gasteiger partial charge < -0.3 is 9.84 Å². The highest BCUT2D eigenvalue weighted by atomic mass is 35.5. The Morgan fingerprint density at radius 3 is 2.88 bits per heavy atom. The van der Waals surface area contributed by atoms with Crippen LogP contribution in [0.25, 0.3) is 0 Å². The Labute approximate surface area is 107 Å². The molecule has 0 radical (unpaired) electrons. The third-order valence-corrected chi connectivity index (χ3v) is 4.47. The van der Waals surface area contributed by atoms with Gasteiger partial charge in [-0.2, -0.15) is 4.98 Å². The summed E-state index contributed by atoms with van der Waals surface area (Å²) < 4.78 is 5.34. The maximum atomic E-state index is 5.34. The first-order valence-corrected chi connectivity index (χ1v) is 6.46. The molecule has 1 aliphatic heterocycles. The largest absolute Gasteiger partial charge is 0.339 e. The van der Waals surface area contributed by atoms with Crippen molar-refractivity contribution >= 4 is 12.4 Å². The van der Waals surface area contributed by atoms with Gasteiger partial charge in [0.25, 0.3) is 0 Å². The van der Waals surface area contributed by atoms with Gasteiger partial charge in [-0.05, 0) is 50.6 Å². The summed E-state index contributed by atoms with van der Waals surface area (Å²) in [5.74, 6) is 4.69. The van der Waals surface area contributed by atoms with Gasteiger partial charge in [-0.1, -0.05) is 5.16 Å². The number of hydrogen-bond donors (Lipinski definition) is 1. The molecule has 1 aromatic rings.